The van der Waals surface area contributed by atoms with Gasteiger partial charge in [-0.1, -0.05) is 43.2 Å². The smallest absolute Gasteiger partial charge is 0.115 e. The average molecular weight is 294 g/mol. The molecule has 0 amide bonds. The summed E-state index contributed by atoms with van der Waals surface area (Å²) in [6.07, 6.45) is 4.88. The van der Waals surface area contributed by atoms with Crippen LogP contribution in [0, 0.1) is 5.92 Å². The van der Waals surface area contributed by atoms with E-state index in [0.29, 0.717) is 5.92 Å². The van der Waals surface area contributed by atoms with E-state index >= 15 is 0 Å². The normalized spacial score (nSPS) is 18.2. The number of benzene rings is 2. The van der Waals surface area contributed by atoms with E-state index < -0.39 is 0 Å². The number of phenolic OH excluding ortho intramolecular Hbond substituents is 2. The van der Waals surface area contributed by atoms with Crippen molar-refractivity contribution in [1.29, 1.82) is 0 Å². The zero-order valence-electron chi connectivity index (χ0n) is 12.9. The lowest BCUT2D eigenvalue weighted by Crippen LogP contribution is -2.09. The molecule has 0 aromatic heterocycles. The summed E-state index contributed by atoms with van der Waals surface area (Å²) in [5.41, 5.74) is 5.01. The molecule has 1 fully saturated rings. The van der Waals surface area contributed by atoms with E-state index in [0.717, 1.165) is 17.5 Å². The maximum absolute atomic E-state index is 9.56. The Morgan fingerprint density at radius 1 is 0.818 bits per heavy atom. The molecule has 2 aromatic rings. The molecule has 114 valence electrons. The van der Waals surface area contributed by atoms with Crippen molar-refractivity contribution in [1.82, 2.24) is 0 Å². The molecule has 1 aliphatic carbocycles. The molecule has 1 atom stereocenters. The Hall–Kier alpha value is -2.22. The number of phenols is 2. The summed E-state index contributed by atoms with van der Waals surface area (Å²) in [6.45, 7) is 2.30. The molecule has 1 aliphatic rings. The second kappa shape index (κ2) is 6.27. The van der Waals surface area contributed by atoms with Gasteiger partial charge in [0.15, 0.2) is 0 Å². The minimum Gasteiger partial charge on any atom is -0.508 e. The Labute approximate surface area is 131 Å². The molecule has 2 N–H and O–H groups in total. The summed E-state index contributed by atoms with van der Waals surface area (Å²) < 4.78 is 0. The number of rotatable bonds is 2. The third-order valence-electron chi connectivity index (χ3n) is 4.56. The van der Waals surface area contributed by atoms with Crippen LogP contribution in [0.1, 0.15) is 43.7 Å². The highest BCUT2D eigenvalue weighted by Gasteiger charge is 2.20. The van der Waals surface area contributed by atoms with E-state index in [4.69, 9.17) is 0 Å². The van der Waals surface area contributed by atoms with Crippen molar-refractivity contribution in [2.75, 3.05) is 0 Å². The van der Waals surface area contributed by atoms with Crippen LogP contribution in [0.5, 0.6) is 11.5 Å². The minimum atomic E-state index is 0.287. The Bertz CT molecular complexity index is 618. The highest BCUT2D eigenvalue weighted by atomic mass is 16.3. The van der Waals surface area contributed by atoms with Crippen molar-refractivity contribution < 1.29 is 10.2 Å². The van der Waals surface area contributed by atoms with Crippen molar-refractivity contribution in [2.24, 2.45) is 5.92 Å². The molecule has 0 bridgehead atoms. The summed E-state index contributed by atoms with van der Waals surface area (Å²) in [4.78, 5) is 0. The van der Waals surface area contributed by atoms with Gasteiger partial charge in [0.05, 0.1) is 0 Å². The summed E-state index contributed by atoms with van der Waals surface area (Å²) in [5, 5.41) is 19.1. The van der Waals surface area contributed by atoms with Crippen LogP contribution in [-0.4, -0.2) is 10.2 Å². The van der Waals surface area contributed by atoms with Gasteiger partial charge in [0.2, 0.25) is 0 Å². The first-order valence-corrected chi connectivity index (χ1v) is 7.97. The van der Waals surface area contributed by atoms with Crippen molar-refractivity contribution in [3.63, 3.8) is 0 Å². The fourth-order valence-corrected chi connectivity index (χ4v) is 3.35. The fourth-order valence-electron chi connectivity index (χ4n) is 3.35. The average Bonchev–Trinajstić information content (AvgIpc) is 2.53. The molecule has 2 nitrogen and oxygen atoms in total. The predicted octanol–water partition coefficient (Wildman–Crippen LogP) is 5.11. The Kier molecular flexibility index (Phi) is 4.19. The number of aromatic hydroxyl groups is 2. The molecule has 2 heteroatoms. The first-order valence-electron chi connectivity index (χ1n) is 7.97. The van der Waals surface area contributed by atoms with Crippen molar-refractivity contribution in [3.05, 3.63) is 65.2 Å². The van der Waals surface area contributed by atoms with Crippen LogP contribution in [0.3, 0.4) is 0 Å². The molecule has 0 spiro atoms. The lowest BCUT2D eigenvalue weighted by molar-refractivity contribution is 0.475. The fraction of sp³-hybridized carbons (Fsp3) is 0.300. The van der Waals surface area contributed by atoms with Gasteiger partial charge in [0.25, 0.3) is 0 Å². The molecule has 0 heterocycles. The highest BCUT2D eigenvalue weighted by molar-refractivity contribution is 5.82. The molecule has 0 aliphatic heterocycles. The Morgan fingerprint density at radius 2 is 1.32 bits per heavy atom. The van der Waals surface area contributed by atoms with Gasteiger partial charge in [0, 0.05) is 0 Å². The van der Waals surface area contributed by atoms with Gasteiger partial charge in [-0.2, -0.15) is 0 Å². The predicted molar refractivity (Wildman–Crippen MR) is 89.9 cm³/mol. The summed E-state index contributed by atoms with van der Waals surface area (Å²) in [5.74, 6) is 1.15. The third-order valence-corrected chi connectivity index (χ3v) is 4.56. The van der Waals surface area contributed by atoms with Gasteiger partial charge in [-0.15, -0.1) is 0 Å². The van der Waals surface area contributed by atoms with Crippen LogP contribution in [-0.2, 0) is 0 Å². The molecule has 3 rings (SSSR count). The van der Waals surface area contributed by atoms with Crippen LogP contribution in [0.2, 0.25) is 0 Å². The highest BCUT2D eigenvalue weighted by Crippen LogP contribution is 2.38. The number of hydrogen-bond donors (Lipinski definition) is 2. The number of allylic oxidation sites excluding steroid dienone is 1. The van der Waals surface area contributed by atoms with E-state index in [-0.39, 0.29) is 11.5 Å². The van der Waals surface area contributed by atoms with Gasteiger partial charge in [-0.25, -0.2) is 0 Å². The van der Waals surface area contributed by atoms with Crippen molar-refractivity contribution in [2.45, 2.75) is 32.6 Å². The zero-order valence-corrected chi connectivity index (χ0v) is 12.9. The van der Waals surface area contributed by atoms with Crippen molar-refractivity contribution >= 4 is 5.57 Å². The SMILES string of the molecule is CC1CCCCC1=C(c1ccc(O)cc1)c1ccc(O)cc1. The van der Waals surface area contributed by atoms with Gasteiger partial charge in [0.1, 0.15) is 11.5 Å². The molecule has 1 saturated carbocycles. The van der Waals surface area contributed by atoms with E-state index in [2.05, 4.69) is 6.92 Å². The topological polar surface area (TPSA) is 40.5 Å². The van der Waals surface area contributed by atoms with Gasteiger partial charge >= 0.3 is 0 Å². The monoisotopic (exact) mass is 294 g/mol. The van der Waals surface area contributed by atoms with Crippen LogP contribution >= 0.6 is 0 Å². The first-order chi connectivity index (χ1) is 10.6. The third kappa shape index (κ3) is 3.01. The van der Waals surface area contributed by atoms with E-state index in [1.165, 1.54) is 30.4 Å². The second-order valence-corrected chi connectivity index (χ2v) is 6.14. The molecule has 0 radical (unpaired) electrons. The molecular weight excluding hydrogens is 272 g/mol. The van der Waals surface area contributed by atoms with Crippen LogP contribution < -0.4 is 0 Å². The van der Waals surface area contributed by atoms with E-state index in [1.54, 1.807) is 24.3 Å². The maximum Gasteiger partial charge on any atom is 0.115 e. The first kappa shape index (κ1) is 14.7. The molecule has 1 unspecified atom stereocenters. The quantitative estimate of drug-likeness (QED) is 0.808. The Balaban J connectivity index is 2.15. The minimum absolute atomic E-state index is 0.287. The van der Waals surface area contributed by atoms with E-state index in [1.807, 2.05) is 24.3 Å². The largest absolute Gasteiger partial charge is 0.508 e. The molecule has 22 heavy (non-hydrogen) atoms. The standard InChI is InChI=1S/C20H22O2/c1-14-4-2-3-5-19(14)20(15-6-10-17(21)11-7-15)16-8-12-18(22)13-9-16/h6-14,21-22H,2-5H2,1H3. The van der Waals surface area contributed by atoms with Crippen LogP contribution in [0.4, 0.5) is 0 Å². The van der Waals surface area contributed by atoms with Gasteiger partial charge in [-0.05, 0) is 66.1 Å². The van der Waals surface area contributed by atoms with Gasteiger partial charge < -0.3 is 10.2 Å². The van der Waals surface area contributed by atoms with Crippen LogP contribution in [0.15, 0.2) is 54.1 Å². The maximum atomic E-state index is 9.56. The lowest BCUT2D eigenvalue weighted by atomic mass is 9.79. The van der Waals surface area contributed by atoms with Crippen LogP contribution in [0.25, 0.3) is 5.57 Å². The second-order valence-electron chi connectivity index (χ2n) is 6.14. The summed E-state index contributed by atoms with van der Waals surface area (Å²) >= 11 is 0. The van der Waals surface area contributed by atoms with Gasteiger partial charge in [-0.3, -0.25) is 0 Å². The molecular formula is C20H22O2. The zero-order chi connectivity index (χ0) is 15.5. The molecule has 2 aromatic carbocycles. The summed E-state index contributed by atoms with van der Waals surface area (Å²) in [6, 6.07) is 14.9. The number of hydrogen-bond acceptors (Lipinski definition) is 2. The van der Waals surface area contributed by atoms with E-state index in [9.17, 15) is 10.2 Å². The summed E-state index contributed by atoms with van der Waals surface area (Å²) in [7, 11) is 0. The van der Waals surface area contributed by atoms with Crippen molar-refractivity contribution in [3.8, 4) is 11.5 Å². The molecule has 0 saturated heterocycles. The Morgan fingerprint density at radius 3 is 1.77 bits per heavy atom. The lowest BCUT2D eigenvalue weighted by Gasteiger charge is -2.26.